The molecule has 1 fully saturated rings. The van der Waals surface area contributed by atoms with Crippen LogP contribution in [0.15, 0.2) is 42.5 Å². The molecule has 0 radical (unpaired) electrons. The molecule has 0 saturated heterocycles. The van der Waals surface area contributed by atoms with Gasteiger partial charge in [-0.15, -0.1) is 0 Å². The second-order valence-electron chi connectivity index (χ2n) is 6.78. The lowest BCUT2D eigenvalue weighted by Gasteiger charge is -2.32. The number of esters is 1. The SMILES string of the molecule is COC(=O)c1ccc(Cl)c(NC(=S)NC2(c3ccc(OC)cc3)CCCC2)c1. The van der Waals surface area contributed by atoms with E-state index in [1.165, 1.54) is 12.7 Å². The topological polar surface area (TPSA) is 59.6 Å². The number of carbonyl (C=O) groups excluding carboxylic acids is 1. The van der Waals surface area contributed by atoms with Crippen LogP contribution in [0.3, 0.4) is 0 Å². The lowest BCUT2D eigenvalue weighted by Crippen LogP contribution is -2.45. The van der Waals surface area contributed by atoms with Crippen molar-refractivity contribution in [3.05, 3.63) is 58.6 Å². The lowest BCUT2D eigenvalue weighted by atomic mass is 9.88. The summed E-state index contributed by atoms with van der Waals surface area (Å²) in [5, 5.41) is 7.55. The van der Waals surface area contributed by atoms with Gasteiger partial charge in [0, 0.05) is 0 Å². The highest BCUT2D eigenvalue weighted by atomic mass is 35.5. The van der Waals surface area contributed by atoms with Gasteiger partial charge >= 0.3 is 5.97 Å². The molecule has 0 spiro atoms. The Morgan fingerprint density at radius 3 is 2.39 bits per heavy atom. The molecule has 3 rings (SSSR count). The number of benzene rings is 2. The summed E-state index contributed by atoms with van der Waals surface area (Å²) in [6, 6.07) is 13.0. The summed E-state index contributed by atoms with van der Waals surface area (Å²) in [5.41, 5.74) is 1.90. The first-order valence-corrected chi connectivity index (χ1v) is 9.87. The summed E-state index contributed by atoms with van der Waals surface area (Å²) in [6.45, 7) is 0. The van der Waals surface area contributed by atoms with Crippen LogP contribution in [0.25, 0.3) is 0 Å². The average molecular weight is 419 g/mol. The van der Waals surface area contributed by atoms with Gasteiger partial charge in [0.2, 0.25) is 0 Å². The monoisotopic (exact) mass is 418 g/mol. The zero-order valence-electron chi connectivity index (χ0n) is 15.9. The van der Waals surface area contributed by atoms with Crippen molar-refractivity contribution in [2.24, 2.45) is 0 Å². The average Bonchev–Trinajstić information content (AvgIpc) is 3.18. The summed E-state index contributed by atoms with van der Waals surface area (Å²) in [7, 11) is 3.00. The Hall–Kier alpha value is -2.31. The number of thiocarbonyl (C=S) groups is 1. The van der Waals surface area contributed by atoms with E-state index in [0.717, 1.165) is 31.4 Å². The molecule has 0 heterocycles. The molecule has 28 heavy (non-hydrogen) atoms. The number of methoxy groups -OCH3 is 2. The fourth-order valence-electron chi connectivity index (χ4n) is 3.61. The van der Waals surface area contributed by atoms with Crippen molar-refractivity contribution in [3.8, 4) is 5.75 Å². The van der Waals surface area contributed by atoms with Crippen molar-refractivity contribution in [2.45, 2.75) is 31.2 Å². The number of anilines is 1. The normalized spacial score (nSPS) is 15.0. The maximum Gasteiger partial charge on any atom is 0.337 e. The van der Waals surface area contributed by atoms with E-state index in [9.17, 15) is 4.79 Å². The van der Waals surface area contributed by atoms with Crippen molar-refractivity contribution in [2.75, 3.05) is 19.5 Å². The summed E-state index contributed by atoms with van der Waals surface area (Å²) in [4.78, 5) is 11.8. The minimum absolute atomic E-state index is 0.233. The minimum atomic E-state index is -0.427. The Labute approximate surface area is 175 Å². The quantitative estimate of drug-likeness (QED) is 0.532. The summed E-state index contributed by atoms with van der Waals surface area (Å²) < 4.78 is 10.0. The highest BCUT2D eigenvalue weighted by Gasteiger charge is 2.36. The Morgan fingerprint density at radius 1 is 1.11 bits per heavy atom. The van der Waals surface area contributed by atoms with Gasteiger partial charge in [0.05, 0.1) is 36.0 Å². The van der Waals surface area contributed by atoms with Crippen LogP contribution >= 0.6 is 23.8 Å². The van der Waals surface area contributed by atoms with Crippen molar-refractivity contribution in [3.63, 3.8) is 0 Å². The Morgan fingerprint density at radius 2 is 1.79 bits per heavy atom. The van der Waals surface area contributed by atoms with Gasteiger partial charge in [-0.05, 0) is 61.0 Å². The molecule has 148 valence electrons. The van der Waals surface area contributed by atoms with Crippen LogP contribution in [-0.4, -0.2) is 25.3 Å². The molecule has 2 aromatic carbocycles. The Kier molecular flexibility index (Phi) is 6.42. The van der Waals surface area contributed by atoms with Crippen LogP contribution in [0.5, 0.6) is 5.75 Å². The molecular weight excluding hydrogens is 396 g/mol. The summed E-state index contributed by atoms with van der Waals surface area (Å²) in [5.74, 6) is 0.396. The van der Waals surface area contributed by atoms with Gasteiger partial charge in [-0.3, -0.25) is 0 Å². The largest absolute Gasteiger partial charge is 0.497 e. The zero-order chi connectivity index (χ0) is 20.1. The van der Waals surface area contributed by atoms with Crippen LogP contribution in [0.2, 0.25) is 5.02 Å². The van der Waals surface area contributed by atoms with Gasteiger partial charge < -0.3 is 20.1 Å². The van der Waals surface area contributed by atoms with E-state index < -0.39 is 5.97 Å². The zero-order valence-corrected chi connectivity index (χ0v) is 17.5. The molecule has 0 bridgehead atoms. The predicted molar refractivity (Wildman–Crippen MR) is 115 cm³/mol. The first-order valence-electron chi connectivity index (χ1n) is 9.09. The molecule has 5 nitrogen and oxygen atoms in total. The van der Waals surface area contributed by atoms with Crippen molar-refractivity contribution in [1.29, 1.82) is 0 Å². The summed E-state index contributed by atoms with van der Waals surface area (Å²) in [6.07, 6.45) is 4.22. The van der Waals surface area contributed by atoms with E-state index in [-0.39, 0.29) is 5.54 Å². The first-order chi connectivity index (χ1) is 13.5. The highest BCUT2D eigenvalue weighted by Crippen LogP contribution is 2.39. The third-order valence-corrected chi connectivity index (χ3v) is 5.62. The third-order valence-electron chi connectivity index (χ3n) is 5.09. The number of hydrogen-bond acceptors (Lipinski definition) is 4. The van der Waals surface area contributed by atoms with Crippen LogP contribution in [-0.2, 0) is 10.3 Å². The minimum Gasteiger partial charge on any atom is -0.497 e. The van der Waals surface area contributed by atoms with E-state index in [1.807, 2.05) is 12.1 Å². The van der Waals surface area contributed by atoms with Crippen molar-refractivity contribution < 1.29 is 14.3 Å². The van der Waals surface area contributed by atoms with E-state index in [0.29, 0.717) is 21.4 Å². The van der Waals surface area contributed by atoms with Crippen molar-refractivity contribution in [1.82, 2.24) is 5.32 Å². The second-order valence-corrected chi connectivity index (χ2v) is 7.60. The molecule has 0 aromatic heterocycles. The predicted octanol–water partition coefficient (Wildman–Crippen LogP) is 4.89. The van der Waals surface area contributed by atoms with E-state index in [2.05, 4.69) is 22.8 Å². The molecule has 1 aliphatic carbocycles. The van der Waals surface area contributed by atoms with E-state index in [4.69, 9.17) is 33.3 Å². The van der Waals surface area contributed by atoms with Gasteiger partial charge in [0.1, 0.15) is 5.75 Å². The molecule has 0 unspecified atom stereocenters. The van der Waals surface area contributed by atoms with Gasteiger partial charge in [-0.25, -0.2) is 4.79 Å². The molecule has 0 amide bonds. The second kappa shape index (κ2) is 8.80. The highest BCUT2D eigenvalue weighted by molar-refractivity contribution is 7.80. The van der Waals surface area contributed by atoms with Gasteiger partial charge in [0.25, 0.3) is 0 Å². The molecule has 1 aliphatic rings. The number of nitrogens with one attached hydrogen (secondary N) is 2. The molecular formula is C21H23ClN2O3S. The number of hydrogen-bond donors (Lipinski definition) is 2. The molecule has 0 aliphatic heterocycles. The van der Waals surface area contributed by atoms with Gasteiger partial charge in [-0.1, -0.05) is 36.6 Å². The molecule has 0 atom stereocenters. The van der Waals surface area contributed by atoms with Crippen molar-refractivity contribution >= 4 is 40.6 Å². The molecule has 1 saturated carbocycles. The van der Waals surface area contributed by atoms with Crippen LogP contribution in [0.4, 0.5) is 5.69 Å². The van der Waals surface area contributed by atoms with Crippen LogP contribution in [0, 0.1) is 0 Å². The molecule has 2 aromatic rings. The number of ether oxygens (including phenoxy) is 2. The Balaban J connectivity index is 1.79. The van der Waals surface area contributed by atoms with Gasteiger partial charge in [-0.2, -0.15) is 0 Å². The van der Waals surface area contributed by atoms with Crippen LogP contribution < -0.4 is 15.4 Å². The standard InChI is InChI=1S/C21H23ClN2O3S/c1-26-16-8-6-15(7-9-16)21(11-3-4-12-21)24-20(28)23-18-13-14(19(25)27-2)5-10-17(18)22/h5-10,13H,3-4,11-12H2,1-2H3,(H2,23,24,28). The first kappa shape index (κ1) is 20.4. The maximum absolute atomic E-state index is 11.8. The maximum atomic E-state index is 11.8. The number of halogens is 1. The number of carbonyl (C=O) groups is 1. The lowest BCUT2D eigenvalue weighted by molar-refractivity contribution is 0.0601. The Bertz CT molecular complexity index is 864. The number of rotatable bonds is 5. The third kappa shape index (κ3) is 4.39. The van der Waals surface area contributed by atoms with E-state index in [1.54, 1.807) is 25.3 Å². The smallest absolute Gasteiger partial charge is 0.337 e. The fraction of sp³-hybridized carbons (Fsp3) is 0.333. The summed E-state index contributed by atoms with van der Waals surface area (Å²) >= 11 is 11.8. The molecule has 2 N–H and O–H groups in total. The van der Waals surface area contributed by atoms with E-state index >= 15 is 0 Å². The fourth-order valence-corrected chi connectivity index (χ4v) is 4.08. The van der Waals surface area contributed by atoms with Crippen LogP contribution in [0.1, 0.15) is 41.6 Å². The van der Waals surface area contributed by atoms with Gasteiger partial charge in [0.15, 0.2) is 5.11 Å². The molecule has 7 heteroatoms.